The van der Waals surface area contributed by atoms with Gasteiger partial charge in [0.15, 0.2) is 6.29 Å². The molecule has 2 heterocycles. The van der Waals surface area contributed by atoms with Crippen LogP contribution in [0.5, 0.6) is 0 Å². The van der Waals surface area contributed by atoms with Crippen LogP contribution in [0.2, 0.25) is 0 Å². The second-order valence-corrected chi connectivity index (χ2v) is 14.0. The summed E-state index contributed by atoms with van der Waals surface area (Å²) in [4.78, 5) is 39.7. The Morgan fingerprint density at radius 1 is 0.765 bits per heavy atom. The molecule has 0 spiro atoms. The third-order valence-corrected chi connectivity index (χ3v) is 10.5. The number of hydrogen-bond acceptors (Lipinski definition) is 7. The maximum absolute atomic E-state index is 13.0. The van der Waals surface area contributed by atoms with Crippen molar-refractivity contribution in [3.63, 3.8) is 0 Å². The number of carbonyl (C=O) groups excluding carboxylic acids is 3. The summed E-state index contributed by atoms with van der Waals surface area (Å²) < 4.78 is 13.3. The van der Waals surface area contributed by atoms with Crippen molar-refractivity contribution in [2.75, 3.05) is 11.1 Å². The molecule has 51 heavy (non-hydrogen) atoms. The number of carbonyl (C=O) groups is 3. The van der Waals surface area contributed by atoms with Crippen molar-refractivity contribution in [1.82, 2.24) is 4.90 Å². The normalized spacial score (nSPS) is 19.9. The van der Waals surface area contributed by atoms with Crippen LogP contribution in [0, 0.1) is 5.92 Å². The van der Waals surface area contributed by atoms with Crippen LogP contribution in [-0.4, -0.2) is 39.6 Å². The zero-order chi connectivity index (χ0) is 35.5. The molecule has 2 N–H and O–H groups in total. The van der Waals surface area contributed by atoms with E-state index in [1.165, 1.54) is 11.8 Å². The van der Waals surface area contributed by atoms with Gasteiger partial charge in [0.05, 0.1) is 36.5 Å². The van der Waals surface area contributed by atoms with Crippen molar-refractivity contribution in [2.24, 2.45) is 5.92 Å². The van der Waals surface area contributed by atoms with E-state index in [-0.39, 0.29) is 49.0 Å². The summed E-state index contributed by atoms with van der Waals surface area (Å²) in [5, 5.41) is 12.4. The number of benzene rings is 5. The predicted molar refractivity (Wildman–Crippen MR) is 197 cm³/mol. The number of anilines is 1. The van der Waals surface area contributed by atoms with Gasteiger partial charge in [-0.25, -0.2) is 0 Å². The average Bonchev–Trinajstić information content (AvgIpc) is 3.39. The van der Waals surface area contributed by atoms with Gasteiger partial charge in [-0.2, -0.15) is 0 Å². The summed E-state index contributed by atoms with van der Waals surface area (Å²) in [6.07, 6.45) is -0.974. The molecule has 8 nitrogen and oxygen atoms in total. The fraction of sp³-hybridized carbons (Fsp3) is 0.214. The van der Waals surface area contributed by atoms with Crippen molar-refractivity contribution in [2.45, 2.75) is 50.4 Å². The van der Waals surface area contributed by atoms with Gasteiger partial charge in [-0.1, -0.05) is 85.8 Å². The molecule has 4 unspecified atom stereocenters. The van der Waals surface area contributed by atoms with Gasteiger partial charge in [0.2, 0.25) is 5.91 Å². The molecule has 1 fully saturated rings. The smallest absolute Gasteiger partial charge is 0.261 e. The van der Waals surface area contributed by atoms with E-state index in [9.17, 15) is 19.5 Å². The Morgan fingerprint density at radius 2 is 1.43 bits per heavy atom. The molecule has 0 aliphatic carbocycles. The molecule has 0 bridgehead atoms. The Balaban J connectivity index is 1.08. The lowest BCUT2D eigenvalue weighted by Gasteiger charge is -2.41. The second kappa shape index (κ2) is 15.0. The SMILES string of the molecule is CC(=O)Nc1ccc(SCC2OC(c3ccc(-c4cccc(CN5C(=O)c6ccccc6C5=O)c4)cc3)OC(c3ccc(CO)cc3)C2C)cc1. The first-order valence-electron chi connectivity index (χ1n) is 16.9. The van der Waals surface area contributed by atoms with Crippen LogP contribution in [0.3, 0.4) is 0 Å². The second-order valence-electron chi connectivity index (χ2n) is 12.9. The molecule has 5 aromatic carbocycles. The Bertz CT molecular complexity index is 2010. The lowest BCUT2D eigenvalue weighted by atomic mass is 9.91. The predicted octanol–water partition coefficient (Wildman–Crippen LogP) is 8.18. The Kier molecular flexibility index (Phi) is 10.1. The number of aliphatic hydroxyl groups excluding tert-OH is 1. The molecule has 3 amide bonds. The van der Waals surface area contributed by atoms with E-state index in [1.54, 1.807) is 36.0 Å². The van der Waals surface area contributed by atoms with Gasteiger partial charge in [-0.15, -0.1) is 11.8 Å². The van der Waals surface area contributed by atoms with Crippen molar-refractivity contribution >= 4 is 35.2 Å². The number of thioether (sulfide) groups is 1. The number of ether oxygens (including phenoxy) is 2. The number of amides is 3. The first-order valence-corrected chi connectivity index (χ1v) is 17.9. The van der Waals surface area contributed by atoms with Crippen LogP contribution < -0.4 is 5.32 Å². The minimum absolute atomic E-state index is 0.0227. The highest BCUT2D eigenvalue weighted by Gasteiger charge is 2.38. The molecule has 1 saturated heterocycles. The van der Waals surface area contributed by atoms with Gasteiger partial charge in [-0.3, -0.25) is 19.3 Å². The van der Waals surface area contributed by atoms with Crippen LogP contribution >= 0.6 is 11.8 Å². The minimum atomic E-state index is -0.606. The first kappa shape index (κ1) is 34.4. The van der Waals surface area contributed by atoms with Gasteiger partial charge >= 0.3 is 0 Å². The zero-order valence-electron chi connectivity index (χ0n) is 28.3. The van der Waals surface area contributed by atoms with E-state index >= 15 is 0 Å². The molecule has 0 aromatic heterocycles. The quantitative estimate of drug-likeness (QED) is 0.112. The molecule has 4 atom stereocenters. The standard InChI is InChI=1S/C42H38N2O6S/c1-26-38(25-51-35-20-18-34(19-21-35)43-27(2)46)49-42(50-39(26)31-12-10-28(24-45)11-13-31)32-16-14-30(15-17-32)33-7-5-6-29(22-33)23-44-40(47)36-8-3-4-9-37(36)41(44)48/h3-22,26,38-39,42,45H,23-25H2,1-2H3,(H,43,46). The number of aliphatic hydroxyl groups is 1. The third-order valence-electron chi connectivity index (χ3n) is 9.37. The summed E-state index contributed by atoms with van der Waals surface area (Å²) in [7, 11) is 0. The largest absolute Gasteiger partial charge is 0.392 e. The van der Waals surface area contributed by atoms with E-state index in [2.05, 4.69) is 12.2 Å². The highest BCUT2D eigenvalue weighted by atomic mass is 32.2. The Labute approximate surface area is 301 Å². The number of fused-ring (bicyclic) bond motifs is 1. The highest BCUT2D eigenvalue weighted by Crippen LogP contribution is 2.43. The molecule has 0 radical (unpaired) electrons. The number of rotatable bonds is 10. The van der Waals surface area contributed by atoms with Gasteiger partial charge < -0.3 is 19.9 Å². The lowest BCUT2D eigenvalue weighted by molar-refractivity contribution is -0.268. The molecule has 7 rings (SSSR count). The summed E-state index contributed by atoms with van der Waals surface area (Å²) in [6, 6.07) is 38.6. The fourth-order valence-corrected chi connectivity index (χ4v) is 7.64. The summed E-state index contributed by atoms with van der Waals surface area (Å²) in [5.41, 5.74) is 7.21. The molecular weight excluding hydrogens is 661 g/mol. The van der Waals surface area contributed by atoms with Crippen LogP contribution in [0.4, 0.5) is 5.69 Å². The summed E-state index contributed by atoms with van der Waals surface area (Å²) in [5.74, 6) is 0.0864. The van der Waals surface area contributed by atoms with E-state index < -0.39 is 6.29 Å². The van der Waals surface area contributed by atoms with Crippen LogP contribution in [0.15, 0.2) is 126 Å². The van der Waals surface area contributed by atoms with Crippen LogP contribution in [0.1, 0.15) is 69.2 Å². The molecule has 2 aliphatic heterocycles. The summed E-state index contributed by atoms with van der Waals surface area (Å²) in [6.45, 7) is 3.81. The molecule has 258 valence electrons. The minimum Gasteiger partial charge on any atom is -0.392 e. The van der Waals surface area contributed by atoms with Crippen molar-refractivity contribution in [1.29, 1.82) is 0 Å². The maximum Gasteiger partial charge on any atom is 0.261 e. The van der Waals surface area contributed by atoms with E-state index in [0.717, 1.165) is 44.0 Å². The monoisotopic (exact) mass is 698 g/mol. The summed E-state index contributed by atoms with van der Waals surface area (Å²) >= 11 is 1.70. The zero-order valence-corrected chi connectivity index (χ0v) is 29.1. The number of nitrogens with one attached hydrogen (secondary N) is 1. The Morgan fingerprint density at radius 3 is 2.08 bits per heavy atom. The van der Waals surface area contributed by atoms with E-state index in [4.69, 9.17) is 9.47 Å². The topological polar surface area (TPSA) is 105 Å². The van der Waals surface area contributed by atoms with E-state index in [0.29, 0.717) is 16.9 Å². The molecule has 0 saturated carbocycles. The molecular formula is C42H38N2O6S. The molecule has 2 aliphatic rings. The number of nitrogens with zero attached hydrogens (tertiary/aromatic N) is 1. The van der Waals surface area contributed by atoms with Crippen molar-refractivity contribution in [3.8, 4) is 11.1 Å². The van der Waals surface area contributed by atoms with Crippen molar-refractivity contribution in [3.05, 3.63) is 155 Å². The molecule has 5 aromatic rings. The van der Waals surface area contributed by atoms with Gasteiger partial charge in [-0.05, 0) is 70.3 Å². The molecule has 9 heteroatoms. The van der Waals surface area contributed by atoms with E-state index in [1.807, 2.05) is 97.1 Å². The lowest BCUT2D eigenvalue weighted by Crippen LogP contribution is -2.38. The Hall–Kier alpha value is -5.06. The first-order chi connectivity index (χ1) is 24.8. The number of hydrogen-bond donors (Lipinski definition) is 2. The maximum atomic E-state index is 13.0. The van der Waals surface area contributed by atoms with Gasteiger partial charge in [0.1, 0.15) is 0 Å². The fourth-order valence-electron chi connectivity index (χ4n) is 6.57. The van der Waals surface area contributed by atoms with Crippen LogP contribution in [0.25, 0.3) is 11.1 Å². The van der Waals surface area contributed by atoms with Gasteiger partial charge in [0, 0.05) is 34.7 Å². The van der Waals surface area contributed by atoms with Gasteiger partial charge in [0.25, 0.3) is 11.8 Å². The third kappa shape index (κ3) is 7.52. The van der Waals surface area contributed by atoms with Crippen molar-refractivity contribution < 1.29 is 29.0 Å². The highest BCUT2D eigenvalue weighted by molar-refractivity contribution is 7.99. The number of imide groups is 1. The van der Waals surface area contributed by atoms with Crippen LogP contribution in [-0.2, 0) is 27.4 Å². The average molecular weight is 699 g/mol.